The van der Waals surface area contributed by atoms with E-state index in [0.717, 1.165) is 18.0 Å². The van der Waals surface area contributed by atoms with Crippen molar-refractivity contribution in [1.82, 2.24) is 20.2 Å². The molecule has 0 unspecified atom stereocenters. The number of carbonyl (C=O) groups is 1. The Bertz CT molecular complexity index is 734. The van der Waals surface area contributed by atoms with Gasteiger partial charge in [0.25, 0.3) is 0 Å². The number of rotatable bonds is 6. The standard InChI is InChI=1S/C14H16N6O2S2/c15-20-11(8-22-10-4-2-1-3-5-10)18-19-14(20)24-9-12(21)17-13-16-6-7-23-13/h1-5H,6-9,15H2,(H,16,17,21). The highest BCUT2D eigenvalue weighted by molar-refractivity contribution is 8.14. The minimum atomic E-state index is -0.141. The van der Waals surface area contributed by atoms with Gasteiger partial charge in [0.1, 0.15) is 12.4 Å². The highest BCUT2D eigenvalue weighted by atomic mass is 32.2. The van der Waals surface area contributed by atoms with Crippen LogP contribution in [0.1, 0.15) is 5.82 Å². The third-order valence-corrected chi connectivity index (χ3v) is 4.84. The number of aromatic nitrogens is 3. The minimum absolute atomic E-state index is 0.141. The fourth-order valence-electron chi connectivity index (χ4n) is 1.86. The molecule has 0 radical (unpaired) electrons. The Labute approximate surface area is 147 Å². The zero-order valence-electron chi connectivity index (χ0n) is 12.7. The number of amides is 1. The smallest absolute Gasteiger partial charge is 0.236 e. The van der Waals surface area contributed by atoms with Crippen molar-refractivity contribution in [1.29, 1.82) is 0 Å². The molecule has 0 saturated heterocycles. The van der Waals surface area contributed by atoms with Crippen LogP contribution < -0.4 is 15.9 Å². The monoisotopic (exact) mass is 364 g/mol. The van der Waals surface area contributed by atoms with Crippen LogP contribution in [-0.4, -0.2) is 44.0 Å². The maximum Gasteiger partial charge on any atom is 0.236 e. The summed E-state index contributed by atoms with van der Waals surface area (Å²) < 4.78 is 6.93. The van der Waals surface area contributed by atoms with E-state index in [0.29, 0.717) is 16.1 Å². The average molecular weight is 364 g/mol. The predicted octanol–water partition coefficient (Wildman–Crippen LogP) is 0.882. The van der Waals surface area contributed by atoms with Crippen molar-refractivity contribution >= 4 is 34.6 Å². The molecule has 1 amide bonds. The van der Waals surface area contributed by atoms with E-state index in [-0.39, 0.29) is 18.3 Å². The third-order valence-electron chi connectivity index (χ3n) is 3.01. The summed E-state index contributed by atoms with van der Waals surface area (Å²) in [6.45, 7) is 0.947. The Morgan fingerprint density at radius 1 is 1.38 bits per heavy atom. The normalized spacial score (nSPS) is 13.6. The van der Waals surface area contributed by atoms with Gasteiger partial charge in [0.15, 0.2) is 11.0 Å². The van der Waals surface area contributed by atoms with Gasteiger partial charge in [0, 0.05) is 5.75 Å². The highest BCUT2D eigenvalue weighted by Crippen LogP contribution is 2.16. The van der Waals surface area contributed by atoms with Crippen molar-refractivity contribution < 1.29 is 9.53 Å². The number of nitrogens with zero attached hydrogens (tertiary/aromatic N) is 4. The average Bonchev–Trinajstić information content (AvgIpc) is 3.22. The van der Waals surface area contributed by atoms with E-state index in [4.69, 9.17) is 10.6 Å². The molecule has 8 nitrogen and oxygen atoms in total. The van der Waals surface area contributed by atoms with Gasteiger partial charge in [-0.25, -0.2) is 4.68 Å². The van der Waals surface area contributed by atoms with Crippen molar-refractivity contribution in [2.45, 2.75) is 11.8 Å². The number of ether oxygens (including phenoxy) is 1. The number of para-hydroxylation sites is 1. The number of aliphatic imine (C=N–C) groups is 1. The zero-order chi connectivity index (χ0) is 16.8. The topological polar surface area (TPSA) is 107 Å². The van der Waals surface area contributed by atoms with Crippen LogP contribution in [0.25, 0.3) is 0 Å². The van der Waals surface area contributed by atoms with Crippen LogP contribution in [0.2, 0.25) is 0 Å². The van der Waals surface area contributed by atoms with E-state index in [1.807, 2.05) is 30.3 Å². The number of hydrogen-bond acceptors (Lipinski definition) is 8. The summed E-state index contributed by atoms with van der Waals surface area (Å²) in [5, 5.41) is 11.9. The molecule has 2 heterocycles. The van der Waals surface area contributed by atoms with Gasteiger partial charge in [0.2, 0.25) is 11.1 Å². The fourth-order valence-corrected chi connectivity index (χ4v) is 3.28. The summed E-state index contributed by atoms with van der Waals surface area (Å²) >= 11 is 2.75. The van der Waals surface area contributed by atoms with Crippen molar-refractivity contribution in [3.05, 3.63) is 36.2 Å². The number of carbonyl (C=O) groups excluding carboxylic acids is 1. The highest BCUT2D eigenvalue weighted by Gasteiger charge is 2.15. The maximum atomic E-state index is 11.9. The lowest BCUT2D eigenvalue weighted by Crippen LogP contribution is -2.29. The van der Waals surface area contributed by atoms with Crippen molar-refractivity contribution in [3.8, 4) is 5.75 Å². The first kappa shape index (κ1) is 16.7. The second-order valence-corrected chi connectivity index (χ2v) is 6.77. The molecule has 1 aromatic carbocycles. The molecule has 0 saturated carbocycles. The van der Waals surface area contributed by atoms with Crippen LogP contribution in [-0.2, 0) is 11.4 Å². The summed E-state index contributed by atoms with van der Waals surface area (Å²) in [6, 6.07) is 9.38. The van der Waals surface area contributed by atoms with Crippen molar-refractivity contribution in [2.24, 2.45) is 4.99 Å². The van der Waals surface area contributed by atoms with Gasteiger partial charge >= 0.3 is 0 Å². The largest absolute Gasteiger partial charge is 0.486 e. The Hall–Kier alpha value is -2.20. The molecule has 0 aliphatic carbocycles. The molecule has 0 fully saturated rings. The molecule has 0 spiro atoms. The summed E-state index contributed by atoms with van der Waals surface area (Å²) in [4.78, 5) is 16.0. The first-order chi connectivity index (χ1) is 11.7. The first-order valence-corrected chi connectivity index (χ1v) is 9.16. The van der Waals surface area contributed by atoms with Gasteiger partial charge in [-0.3, -0.25) is 9.79 Å². The molecule has 3 N–H and O–H groups in total. The van der Waals surface area contributed by atoms with Crippen LogP contribution in [0, 0.1) is 0 Å². The molecule has 10 heteroatoms. The number of hydrogen-bond donors (Lipinski definition) is 2. The van der Waals surface area contributed by atoms with Gasteiger partial charge in [-0.1, -0.05) is 41.7 Å². The molecule has 24 heavy (non-hydrogen) atoms. The molecule has 1 aliphatic rings. The third kappa shape index (κ3) is 4.42. The number of nitrogen functional groups attached to an aromatic ring is 1. The summed E-state index contributed by atoms with van der Waals surface area (Å²) in [5.41, 5.74) is 0. The predicted molar refractivity (Wildman–Crippen MR) is 94.6 cm³/mol. The first-order valence-electron chi connectivity index (χ1n) is 7.19. The van der Waals surface area contributed by atoms with E-state index in [1.165, 1.54) is 28.2 Å². The number of nitrogens with one attached hydrogen (secondary N) is 1. The van der Waals surface area contributed by atoms with Crippen LogP contribution in [0.15, 0.2) is 40.5 Å². The number of nitrogens with two attached hydrogens (primary N) is 1. The molecule has 0 atom stereocenters. The van der Waals surface area contributed by atoms with Gasteiger partial charge in [-0.05, 0) is 12.1 Å². The number of thioether (sulfide) groups is 2. The second-order valence-electron chi connectivity index (χ2n) is 4.74. The van der Waals surface area contributed by atoms with E-state index >= 15 is 0 Å². The number of benzene rings is 1. The van der Waals surface area contributed by atoms with Gasteiger partial charge in [-0.2, -0.15) is 0 Å². The lowest BCUT2D eigenvalue weighted by Gasteiger charge is -2.06. The molecule has 126 valence electrons. The van der Waals surface area contributed by atoms with Crippen LogP contribution in [0.5, 0.6) is 5.75 Å². The van der Waals surface area contributed by atoms with E-state index in [9.17, 15) is 4.79 Å². The Morgan fingerprint density at radius 3 is 2.96 bits per heavy atom. The van der Waals surface area contributed by atoms with Crippen molar-refractivity contribution in [3.63, 3.8) is 0 Å². The Morgan fingerprint density at radius 2 is 2.21 bits per heavy atom. The van der Waals surface area contributed by atoms with Crippen LogP contribution in [0.4, 0.5) is 0 Å². The maximum absolute atomic E-state index is 11.9. The zero-order valence-corrected chi connectivity index (χ0v) is 14.3. The Kier molecular flexibility index (Phi) is 5.59. The fraction of sp³-hybridized carbons (Fsp3) is 0.286. The van der Waals surface area contributed by atoms with E-state index < -0.39 is 0 Å². The molecule has 1 aromatic heterocycles. The van der Waals surface area contributed by atoms with E-state index in [2.05, 4.69) is 20.5 Å². The summed E-state index contributed by atoms with van der Waals surface area (Å²) in [7, 11) is 0. The van der Waals surface area contributed by atoms with Gasteiger partial charge in [-0.15, -0.1) is 10.2 Å². The molecule has 2 aromatic rings. The molecule has 0 bridgehead atoms. The van der Waals surface area contributed by atoms with Crippen LogP contribution >= 0.6 is 23.5 Å². The van der Waals surface area contributed by atoms with Gasteiger partial charge in [0.05, 0.1) is 12.3 Å². The van der Waals surface area contributed by atoms with E-state index in [1.54, 1.807) is 0 Å². The van der Waals surface area contributed by atoms with Crippen LogP contribution in [0.3, 0.4) is 0 Å². The SMILES string of the molecule is Nn1c(COc2ccccc2)nnc1SCC(=O)NC1=NCCS1. The Balaban J connectivity index is 1.50. The van der Waals surface area contributed by atoms with Gasteiger partial charge < -0.3 is 15.9 Å². The molecular weight excluding hydrogens is 348 g/mol. The number of amidine groups is 1. The molecule has 3 rings (SSSR count). The molecular formula is C14H16N6O2S2. The quantitative estimate of drug-likeness (QED) is 0.579. The lowest BCUT2D eigenvalue weighted by molar-refractivity contribution is -0.117. The summed E-state index contributed by atoms with van der Waals surface area (Å²) in [5.74, 6) is 8.11. The minimum Gasteiger partial charge on any atom is -0.486 e. The lowest BCUT2D eigenvalue weighted by atomic mass is 10.3. The van der Waals surface area contributed by atoms with Crippen molar-refractivity contribution in [2.75, 3.05) is 23.9 Å². The molecule has 1 aliphatic heterocycles. The summed E-state index contributed by atoms with van der Waals surface area (Å²) in [6.07, 6.45) is 0. The second kappa shape index (κ2) is 8.06.